The summed E-state index contributed by atoms with van der Waals surface area (Å²) < 4.78 is 0. The maximum atomic E-state index is 10.5. The van der Waals surface area contributed by atoms with Gasteiger partial charge in [-0.1, -0.05) is 12.6 Å². The molecule has 1 aromatic rings. The average Bonchev–Trinajstić information content (AvgIpc) is 2.18. The predicted molar refractivity (Wildman–Crippen MR) is 57.5 cm³/mol. The van der Waals surface area contributed by atoms with Gasteiger partial charge >= 0.3 is 5.69 Å². The van der Waals surface area contributed by atoms with Crippen molar-refractivity contribution in [2.24, 2.45) is 5.73 Å². The van der Waals surface area contributed by atoms with E-state index in [0.29, 0.717) is 18.5 Å². The monoisotopic (exact) mass is 208 g/mol. The van der Waals surface area contributed by atoms with Crippen LogP contribution in [0.4, 0.5) is 5.69 Å². The molecule has 0 fully saturated rings. The van der Waals surface area contributed by atoms with E-state index in [2.05, 4.69) is 6.58 Å². The molecule has 3 N–H and O–H groups in total. The SMILES string of the molecule is C=C(CCN)c1ccc(O)c([N+](=O)[O-])c1. The van der Waals surface area contributed by atoms with Gasteiger partial charge in [-0.15, -0.1) is 0 Å². The highest BCUT2D eigenvalue weighted by Crippen LogP contribution is 2.29. The van der Waals surface area contributed by atoms with E-state index in [1.165, 1.54) is 12.1 Å². The summed E-state index contributed by atoms with van der Waals surface area (Å²) in [5, 5.41) is 19.8. The zero-order valence-electron chi connectivity index (χ0n) is 8.14. The van der Waals surface area contributed by atoms with Crippen LogP contribution in [-0.2, 0) is 0 Å². The van der Waals surface area contributed by atoms with E-state index in [1.807, 2.05) is 0 Å². The first kappa shape index (κ1) is 11.2. The summed E-state index contributed by atoms with van der Waals surface area (Å²) in [5.74, 6) is -0.343. The zero-order valence-corrected chi connectivity index (χ0v) is 8.14. The Labute approximate surface area is 87.0 Å². The molecule has 0 bridgehead atoms. The molecule has 1 rings (SSSR count). The van der Waals surface area contributed by atoms with Crippen molar-refractivity contribution in [1.82, 2.24) is 0 Å². The molecule has 0 aliphatic carbocycles. The van der Waals surface area contributed by atoms with Crippen molar-refractivity contribution in [1.29, 1.82) is 0 Å². The minimum absolute atomic E-state index is 0.314. The van der Waals surface area contributed by atoms with Crippen LogP contribution in [-0.4, -0.2) is 16.6 Å². The summed E-state index contributed by atoms with van der Waals surface area (Å²) in [6, 6.07) is 4.17. The average molecular weight is 208 g/mol. The van der Waals surface area contributed by atoms with Crippen LogP contribution in [0.2, 0.25) is 0 Å². The van der Waals surface area contributed by atoms with E-state index < -0.39 is 4.92 Å². The van der Waals surface area contributed by atoms with Gasteiger partial charge in [-0.2, -0.15) is 0 Å². The summed E-state index contributed by atoms with van der Waals surface area (Å²) in [6.45, 7) is 4.20. The van der Waals surface area contributed by atoms with Crippen LogP contribution in [0, 0.1) is 10.1 Å². The van der Waals surface area contributed by atoms with Crippen molar-refractivity contribution in [2.45, 2.75) is 6.42 Å². The molecule has 0 amide bonds. The lowest BCUT2D eigenvalue weighted by Gasteiger charge is -2.04. The van der Waals surface area contributed by atoms with Crippen LogP contribution in [0.25, 0.3) is 5.57 Å². The van der Waals surface area contributed by atoms with Crippen LogP contribution in [0.3, 0.4) is 0 Å². The standard InChI is InChI=1S/C10H12N2O3/c1-7(4-5-11)8-2-3-10(13)9(6-8)12(14)15/h2-3,6,13H,1,4-5,11H2. The summed E-state index contributed by atoms with van der Waals surface area (Å²) in [6.07, 6.45) is 0.571. The Balaban J connectivity index is 3.07. The number of nitrogens with zero attached hydrogens (tertiary/aromatic N) is 1. The van der Waals surface area contributed by atoms with Gasteiger partial charge in [0, 0.05) is 6.07 Å². The largest absolute Gasteiger partial charge is 0.502 e. The number of aromatic hydroxyl groups is 1. The molecule has 0 saturated heterocycles. The minimum atomic E-state index is -0.630. The summed E-state index contributed by atoms with van der Waals surface area (Å²) >= 11 is 0. The molecule has 0 aliphatic rings. The fourth-order valence-corrected chi connectivity index (χ4v) is 1.21. The van der Waals surface area contributed by atoms with E-state index >= 15 is 0 Å². The molecule has 0 aromatic heterocycles. The summed E-state index contributed by atoms with van der Waals surface area (Å²) in [7, 11) is 0. The van der Waals surface area contributed by atoms with Crippen LogP contribution in [0.5, 0.6) is 5.75 Å². The molecule has 0 spiro atoms. The van der Waals surface area contributed by atoms with Gasteiger partial charge in [0.15, 0.2) is 5.75 Å². The lowest BCUT2D eigenvalue weighted by atomic mass is 10.0. The Hall–Kier alpha value is -1.88. The maximum absolute atomic E-state index is 10.5. The molecule has 15 heavy (non-hydrogen) atoms. The molecule has 0 aliphatic heterocycles. The lowest BCUT2D eigenvalue weighted by molar-refractivity contribution is -0.385. The second kappa shape index (κ2) is 4.56. The smallest absolute Gasteiger partial charge is 0.311 e. The third kappa shape index (κ3) is 2.54. The number of rotatable bonds is 4. The first-order valence-corrected chi connectivity index (χ1v) is 4.42. The van der Waals surface area contributed by atoms with Crippen LogP contribution in [0.1, 0.15) is 12.0 Å². The molecule has 0 saturated carbocycles. The molecule has 0 heterocycles. The number of nitro benzene ring substituents is 1. The van der Waals surface area contributed by atoms with Crippen LogP contribution in [0.15, 0.2) is 24.8 Å². The van der Waals surface area contributed by atoms with E-state index in [4.69, 9.17) is 5.73 Å². The van der Waals surface area contributed by atoms with Crippen molar-refractivity contribution in [2.75, 3.05) is 6.54 Å². The zero-order chi connectivity index (χ0) is 11.4. The molecule has 0 atom stereocenters. The van der Waals surface area contributed by atoms with Gasteiger partial charge in [-0.05, 0) is 30.2 Å². The highest BCUT2D eigenvalue weighted by Gasteiger charge is 2.14. The number of benzene rings is 1. The fraction of sp³-hybridized carbons (Fsp3) is 0.200. The molecule has 5 nitrogen and oxygen atoms in total. The molecule has 1 aromatic carbocycles. The van der Waals surface area contributed by atoms with Crippen molar-refractivity contribution in [3.8, 4) is 5.75 Å². The topological polar surface area (TPSA) is 89.4 Å². The molecule has 0 radical (unpaired) electrons. The van der Waals surface area contributed by atoms with Gasteiger partial charge < -0.3 is 10.8 Å². The van der Waals surface area contributed by atoms with E-state index in [-0.39, 0.29) is 11.4 Å². The molecular weight excluding hydrogens is 196 g/mol. The third-order valence-electron chi connectivity index (χ3n) is 2.03. The van der Waals surface area contributed by atoms with Crippen molar-refractivity contribution < 1.29 is 10.0 Å². The molecule has 80 valence electrons. The number of nitro groups is 1. The highest BCUT2D eigenvalue weighted by atomic mass is 16.6. The van der Waals surface area contributed by atoms with E-state index in [0.717, 1.165) is 5.57 Å². The Morgan fingerprint density at radius 3 is 2.80 bits per heavy atom. The van der Waals surface area contributed by atoms with Gasteiger partial charge in [0.1, 0.15) is 0 Å². The number of hydrogen-bond donors (Lipinski definition) is 2. The number of phenolic OH excluding ortho intramolecular Hbond substituents is 1. The fourth-order valence-electron chi connectivity index (χ4n) is 1.21. The first-order chi connectivity index (χ1) is 7.06. The normalized spacial score (nSPS) is 9.93. The third-order valence-corrected chi connectivity index (χ3v) is 2.03. The first-order valence-electron chi connectivity index (χ1n) is 4.42. The highest BCUT2D eigenvalue weighted by molar-refractivity contribution is 5.67. The Morgan fingerprint density at radius 1 is 1.60 bits per heavy atom. The van der Waals surface area contributed by atoms with Gasteiger partial charge in [0.2, 0.25) is 0 Å². The van der Waals surface area contributed by atoms with Gasteiger partial charge in [-0.3, -0.25) is 10.1 Å². The summed E-state index contributed by atoms with van der Waals surface area (Å²) in [4.78, 5) is 9.92. The second-order valence-corrected chi connectivity index (χ2v) is 3.10. The minimum Gasteiger partial charge on any atom is -0.502 e. The number of nitrogens with two attached hydrogens (primary N) is 1. The van der Waals surface area contributed by atoms with Crippen molar-refractivity contribution in [3.63, 3.8) is 0 Å². The maximum Gasteiger partial charge on any atom is 0.311 e. The van der Waals surface area contributed by atoms with Crippen LogP contribution >= 0.6 is 0 Å². The molecule has 0 unspecified atom stereocenters. The van der Waals surface area contributed by atoms with Gasteiger partial charge in [0.25, 0.3) is 0 Å². The van der Waals surface area contributed by atoms with Gasteiger partial charge in [-0.25, -0.2) is 0 Å². The lowest BCUT2D eigenvalue weighted by Crippen LogP contribution is -1.99. The predicted octanol–water partition coefficient (Wildman–Crippen LogP) is 1.66. The van der Waals surface area contributed by atoms with Crippen molar-refractivity contribution in [3.05, 3.63) is 40.5 Å². The quantitative estimate of drug-likeness (QED) is 0.581. The van der Waals surface area contributed by atoms with E-state index in [9.17, 15) is 15.2 Å². The number of phenols is 1. The van der Waals surface area contributed by atoms with Crippen molar-refractivity contribution >= 4 is 11.3 Å². The van der Waals surface area contributed by atoms with Gasteiger partial charge in [0.05, 0.1) is 4.92 Å². The number of hydrogen-bond acceptors (Lipinski definition) is 4. The summed E-state index contributed by atoms with van der Waals surface area (Å²) in [5.41, 5.74) is 6.39. The Kier molecular flexibility index (Phi) is 3.41. The van der Waals surface area contributed by atoms with E-state index in [1.54, 1.807) is 6.07 Å². The molecular formula is C10H12N2O3. The van der Waals surface area contributed by atoms with Crippen LogP contribution < -0.4 is 5.73 Å². The second-order valence-electron chi connectivity index (χ2n) is 3.10. The Bertz CT molecular complexity index is 402. The molecule has 5 heteroatoms. The Morgan fingerprint density at radius 2 is 2.27 bits per heavy atom.